The summed E-state index contributed by atoms with van der Waals surface area (Å²) in [5.41, 5.74) is 0. The molecule has 0 spiro atoms. The standard InChI is InChI=1S/C5H17N3Si/c1-7(2)5(6-9)8(3)4/h5-6H,1-4,9H3. The van der Waals surface area contributed by atoms with Crippen molar-refractivity contribution in [2.75, 3.05) is 28.2 Å². The summed E-state index contributed by atoms with van der Waals surface area (Å²) >= 11 is 0. The van der Waals surface area contributed by atoms with Gasteiger partial charge in [0.2, 0.25) is 0 Å². The van der Waals surface area contributed by atoms with Gasteiger partial charge in [0, 0.05) is 0 Å². The quantitative estimate of drug-likeness (QED) is 0.378. The van der Waals surface area contributed by atoms with Gasteiger partial charge in [0.15, 0.2) is 0 Å². The molecule has 0 aromatic carbocycles. The number of nitrogens with one attached hydrogen (secondary N) is 1. The van der Waals surface area contributed by atoms with E-state index in [2.05, 4.69) is 43.0 Å². The zero-order valence-corrected chi connectivity index (χ0v) is 8.97. The normalized spacial score (nSPS) is 12.3. The largest absolute Gasteiger partial charge is 0.319 e. The Morgan fingerprint density at radius 2 is 1.44 bits per heavy atom. The topological polar surface area (TPSA) is 18.5 Å². The van der Waals surface area contributed by atoms with E-state index < -0.39 is 0 Å². The lowest BCUT2D eigenvalue weighted by Crippen LogP contribution is -2.50. The maximum atomic E-state index is 3.29. The molecule has 0 aromatic heterocycles. The Labute approximate surface area is 60.5 Å². The molecule has 3 nitrogen and oxygen atoms in total. The van der Waals surface area contributed by atoms with Gasteiger partial charge in [-0.25, -0.2) is 0 Å². The maximum Gasteiger partial charge on any atom is 0.109 e. The van der Waals surface area contributed by atoms with Crippen LogP contribution in [0.1, 0.15) is 0 Å². The minimum absolute atomic E-state index is 0.400. The van der Waals surface area contributed by atoms with Gasteiger partial charge in [-0.1, -0.05) is 0 Å². The zero-order valence-electron chi connectivity index (χ0n) is 6.97. The van der Waals surface area contributed by atoms with Crippen molar-refractivity contribution in [3.8, 4) is 0 Å². The highest BCUT2D eigenvalue weighted by Gasteiger charge is 2.08. The molecule has 0 fully saturated rings. The SMILES string of the molecule is CN(C)C(N[SiH3])N(C)C. The molecule has 0 unspecified atom stereocenters. The van der Waals surface area contributed by atoms with Crippen LogP contribution in [0.5, 0.6) is 0 Å². The third-order valence-corrected chi connectivity index (χ3v) is 1.75. The third-order valence-electron chi connectivity index (χ3n) is 1.24. The van der Waals surface area contributed by atoms with Gasteiger partial charge < -0.3 is 4.98 Å². The highest BCUT2D eigenvalue weighted by atomic mass is 28.2. The van der Waals surface area contributed by atoms with Crippen molar-refractivity contribution in [2.24, 2.45) is 0 Å². The van der Waals surface area contributed by atoms with Gasteiger partial charge in [0.05, 0.1) is 10.4 Å². The molecule has 9 heavy (non-hydrogen) atoms. The Kier molecular flexibility index (Phi) is 4.04. The lowest BCUT2D eigenvalue weighted by molar-refractivity contribution is 0.119. The maximum absolute atomic E-state index is 3.29. The molecule has 0 aliphatic rings. The van der Waals surface area contributed by atoms with Crippen LogP contribution in [0.4, 0.5) is 0 Å². The van der Waals surface area contributed by atoms with Crippen LogP contribution in [-0.2, 0) is 0 Å². The van der Waals surface area contributed by atoms with Crippen LogP contribution in [0.15, 0.2) is 0 Å². The molecule has 0 aliphatic heterocycles. The molecule has 4 heteroatoms. The molecule has 0 bridgehead atoms. The van der Waals surface area contributed by atoms with Gasteiger partial charge in [-0.3, -0.25) is 9.80 Å². The molecule has 0 saturated heterocycles. The number of hydrogen-bond donors (Lipinski definition) is 1. The lowest BCUT2D eigenvalue weighted by atomic mass is 10.7. The van der Waals surface area contributed by atoms with Crippen LogP contribution in [0.2, 0.25) is 0 Å². The molecule has 0 atom stereocenters. The van der Waals surface area contributed by atoms with E-state index in [1.165, 1.54) is 0 Å². The van der Waals surface area contributed by atoms with Crippen molar-refractivity contribution >= 4 is 10.4 Å². The summed E-state index contributed by atoms with van der Waals surface area (Å²) in [6, 6.07) is 0. The Hall–Kier alpha value is 0.0969. The van der Waals surface area contributed by atoms with E-state index in [4.69, 9.17) is 0 Å². The second kappa shape index (κ2) is 4.00. The fourth-order valence-electron chi connectivity index (χ4n) is 0.978. The lowest BCUT2D eigenvalue weighted by Gasteiger charge is -2.29. The number of nitrogens with zero attached hydrogens (tertiary/aromatic N) is 2. The zero-order chi connectivity index (χ0) is 7.44. The van der Waals surface area contributed by atoms with Gasteiger partial charge in [0.1, 0.15) is 6.29 Å². The summed E-state index contributed by atoms with van der Waals surface area (Å²) in [5.74, 6) is 0. The van der Waals surface area contributed by atoms with Crippen molar-refractivity contribution in [3.63, 3.8) is 0 Å². The van der Waals surface area contributed by atoms with Crippen molar-refractivity contribution in [1.82, 2.24) is 14.8 Å². The third kappa shape index (κ3) is 2.95. The molecule has 1 N–H and O–H groups in total. The van der Waals surface area contributed by atoms with Crippen molar-refractivity contribution in [3.05, 3.63) is 0 Å². The molecular weight excluding hydrogens is 130 g/mol. The summed E-state index contributed by atoms with van der Waals surface area (Å²) in [6.45, 7) is 0. The van der Waals surface area contributed by atoms with Crippen LogP contribution in [0, 0.1) is 0 Å². The average molecular weight is 147 g/mol. The molecule has 0 aromatic rings. The predicted octanol–water partition coefficient (Wildman–Crippen LogP) is -1.74. The van der Waals surface area contributed by atoms with Gasteiger partial charge in [-0.2, -0.15) is 0 Å². The molecule has 0 saturated carbocycles. The smallest absolute Gasteiger partial charge is 0.109 e. The van der Waals surface area contributed by atoms with E-state index in [0.29, 0.717) is 6.29 Å². The van der Waals surface area contributed by atoms with Gasteiger partial charge >= 0.3 is 0 Å². The summed E-state index contributed by atoms with van der Waals surface area (Å²) in [4.78, 5) is 7.58. The molecule has 0 rings (SSSR count). The molecule has 0 heterocycles. The Balaban J connectivity index is 3.68. The summed E-state index contributed by atoms with van der Waals surface area (Å²) in [5, 5.41) is 0. The number of hydrogen-bond acceptors (Lipinski definition) is 3. The molecule has 0 aliphatic carbocycles. The Bertz CT molecular complexity index is 66.6. The average Bonchev–Trinajstić information content (AvgIpc) is 1.64. The highest BCUT2D eigenvalue weighted by Crippen LogP contribution is 1.88. The van der Waals surface area contributed by atoms with E-state index in [0.717, 1.165) is 10.4 Å². The van der Waals surface area contributed by atoms with Crippen molar-refractivity contribution in [1.29, 1.82) is 0 Å². The molecule has 0 amide bonds. The van der Waals surface area contributed by atoms with E-state index in [9.17, 15) is 0 Å². The van der Waals surface area contributed by atoms with Crippen molar-refractivity contribution in [2.45, 2.75) is 6.29 Å². The summed E-state index contributed by atoms with van der Waals surface area (Å²) in [6.07, 6.45) is 0.400. The summed E-state index contributed by atoms with van der Waals surface area (Å²) in [7, 11) is 9.29. The minimum atomic E-state index is 0.400. The van der Waals surface area contributed by atoms with Crippen LogP contribution < -0.4 is 4.98 Å². The first-order valence-corrected chi connectivity index (χ1v) is 4.09. The fourth-order valence-corrected chi connectivity index (χ4v) is 2.01. The van der Waals surface area contributed by atoms with Crippen LogP contribution in [0.25, 0.3) is 0 Å². The monoisotopic (exact) mass is 147 g/mol. The van der Waals surface area contributed by atoms with Crippen LogP contribution in [-0.4, -0.2) is 54.7 Å². The van der Waals surface area contributed by atoms with E-state index in [1.54, 1.807) is 0 Å². The molecular formula is C5H17N3Si. The molecule has 0 radical (unpaired) electrons. The van der Waals surface area contributed by atoms with E-state index >= 15 is 0 Å². The second-order valence-electron chi connectivity index (χ2n) is 2.59. The summed E-state index contributed by atoms with van der Waals surface area (Å²) < 4.78 is 0. The Morgan fingerprint density at radius 1 is 1.11 bits per heavy atom. The van der Waals surface area contributed by atoms with E-state index in [-0.39, 0.29) is 0 Å². The first-order chi connectivity index (χ1) is 4.09. The van der Waals surface area contributed by atoms with Gasteiger partial charge in [-0.05, 0) is 28.2 Å². The molecule has 56 valence electrons. The minimum Gasteiger partial charge on any atom is -0.319 e. The first-order valence-electron chi connectivity index (χ1n) is 3.09. The van der Waals surface area contributed by atoms with Gasteiger partial charge in [-0.15, -0.1) is 0 Å². The van der Waals surface area contributed by atoms with Crippen molar-refractivity contribution < 1.29 is 0 Å². The van der Waals surface area contributed by atoms with Gasteiger partial charge in [0.25, 0.3) is 0 Å². The predicted molar refractivity (Wildman–Crippen MR) is 44.2 cm³/mol. The van der Waals surface area contributed by atoms with E-state index in [1.807, 2.05) is 0 Å². The van der Waals surface area contributed by atoms with Crippen LogP contribution >= 0.6 is 0 Å². The highest BCUT2D eigenvalue weighted by molar-refractivity contribution is 6.04. The second-order valence-corrected chi connectivity index (χ2v) is 3.17. The van der Waals surface area contributed by atoms with Crippen LogP contribution in [0.3, 0.4) is 0 Å². The number of rotatable bonds is 3. The Morgan fingerprint density at radius 3 is 1.44 bits per heavy atom. The first kappa shape index (κ1) is 9.10. The fraction of sp³-hybridized carbons (Fsp3) is 1.00.